The number of anilines is 1. The number of carboxylic acid groups (broad SMARTS) is 1. The molecule has 6 heteroatoms. The Morgan fingerprint density at radius 2 is 2.05 bits per heavy atom. The SMILES string of the molecule is C=Cn1cc(C(=O)O)c(=O)c2ccc(N3CCNCC3)cc21. The third-order valence-corrected chi connectivity index (χ3v) is 3.93. The van der Waals surface area contributed by atoms with Gasteiger partial charge in [-0.2, -0.15) is 0 Å². The monoisotopic (exact) mass is 299 g/mol. The molecule has 0 spiro atoms. The maximum Gasteiger partial charge on any atom is 0.341 e. The molecule has 2 heterocycles. The molecular weight excluding hydrogens is 282 g/mol. The first-order valence-corrected chi connectivity index (χ1v) is 7.12. The molecule has 6 nitrogen and oxygen atoms in total. The Bertz CT molecular complexity index is 804. The summed E-state index contributed by atoms with van der Waals surface area (Å²) in [7, 11) is 0. The summed E-state index contributed by atoms with van der Waals surface area (Å²) in [6.45, 7) is 7.34. The van der Waals surface area contributed by atoms with E-state index >= 15 is 0 Å². The fraction of sp³-hybridized carbons (Fsp3) is 0.250. The highest BCUT2D eigenvalue weighted by Gasteiger charge is 2.16. The van der Waals surface area contributed by atoms with Gasteiger partial charge < -0.3 is 19.9 Å². The van der Waals surface area contributed by atoms with Crippen molar-refractivity contribution >= 4 is 28.8 Å². The average Bonchev–Trinajstić information content (AvgIpc) is 2.55. The zero-order valence-corrected chi connectivity index (χ0v) is 12.1. The molecule has 22 heavy (non-hydrogen) atoms. The molecule has 0 aliphatic carbocycles. The first-order valence-electron chi connectivity index (χ1n) is 7.12. The van der Waals surface area contributed by atoms with Gasteiger partial charge in [-0.05, 0) is 18.2 Å². The standard InChI is InChI=1S/C16H17N3O3/c1-2-18-10-13(16(21)22)15(20)12-4-3-11(9-14(12)18)19-7-5-17-6-8-19/h2-4,9-10,17H,1,5-8H2,(H,21,22). The lowest BCUT2D eigenvalue weighted by Crippen LogP contribution is -2.43. The molecule has 1 fully saturated rings. The molecule has 2 aromatic rings. The van der Waals surface area contributed by atoms with Gasteiger partial charge in [-0.1, -0.05) is 6.58 Å². The summed E-state index contributed by atoms with van der Waals surface area (Å²) in [4.78, 5) is 25.7. The van der Waals surface area contributed by atoms with Crippen molar-refractivity contribution in [2.45, 2.75) is 0 Å². The van der Waals surface area contributed by atoms with Gasteiger partial charge in [0.25, 0.3) is 0 Å². The zero-order valence-electron chi connectivity index (χ0n) is 12.1. The third-order valence-electron chi connectivity index (χ3n) is 3.93. The highest BCUT2D eigenvalue weighted by molar-refractivity contribution is 5.94. The minimum Gasteiger partial charge on any atom is -0.477 e. The highest BCUT2D eigenvalue weighted by atomic mass is 16.4. The van der Waals surface area contributed by atoms with Crippen molar-refractivity contribution in [2.75, 3.05) is 31.1 Å². The Morgan fingerprint density at radius 1 is 1.32 bits per heavy atom. The van der Waals surface area contributed by atoms with E-state index in [1.807, 2.05) is 12.1 Å². The van der Waals surface area contributed by atoms with Crippen LogP contribution < -0.4 is 15.6 Å². The van der Waals surface area contributed by atoms with Crippen LogP contribution in [0.25, 0.3) is 17.1 Å². The van der Waals surface area contributed by atoms with Crippen molar-refractivity contribution in [1.82, 2.24) is 9.88 Å². The summed E-state index contributed by atoms with van der Waals surface area (Å²) in [5.74, 6) is -1.23. The van der Waals surface area contributed by atoms with Crippen LogP contribution in [-0.4, -0.2) is 41.8 Å². The molecule has 0 unspecified atom stereocenters. The van der Waals surface area contributed by atoms with Crippen LogP contribution in [0, 0.1) is 0 Å². The lowest BCUT2D eigenvalue weighted by atomic mass is 10.1. The fourth-order valence-electron chi connectivity index (χ4n) is 2.76. The second-order valence-electron chi connectivity index (χ2n) is 5.21. The second kappa shape index (κ2) is 5.65. The summed E-state index contributed by atoms with van der Waals surface area (Å²) in [5, 5.41) is 12.8. The van der Waals surface area contributed by atoms with Gasteiger partial charge in [-0.3, -0.25) is 4.79 Å². The van der Waals surface area contributed by atoms with Crippen molar-refractivity contribution in [2.24, 2.45) is 0 Å². The number of benzene rings is 1. The van der Waals surface area contributed by atoms with E-state index in [9.17, 15) is 9.59 Å². The molecule has 1 aromatic heterocycles. The Hall–Kier alpha value is -2.60. The number of rotatable bonds is 3. The number of carboxylic acids is 1. The predicted octanol–water partition coefficient (Wildman–Crippen LogP) is 1.21. The Kier molecular flexibility index (Phi) is 3.68. The highest BCUT2D eigenvalue weighted by Crippen LogP contribution is 2.21. The maximum atomic E-state index is 12.3. The number of aromatic carboxylic acids is 1. The van der Waals surface area contributed by atoms with Crippen LogP contribution in [0.4, 0.5) is 5.69 Å². The topological polar surface area (TPSA) is 74.6 Å². The van der Waals surface area contributed by atoms with E-state index in [2.05, 4.69) is 16.8 Å². The van der Waals surface area contributed by atoms with Gasteiger partial charge in [0.2, 0.25) is 5.43 Å². The Balaban J connectivity index is 2.19. The van der Waals surface area contributed by atoms with Gasteiger partial charge in [-0.15, -0.1) is 0 Å². The van der Waals surface area contributed by atoms with Crippen LogP contribution >= 0.6 is 0 Å². The maximum absolute atomic E-state index is 12.3. The van der Waals surface area contributed by atoms with Crippen LogP contribution in [0.1, 0.15) is 10.4 Å². The fourth-order valence-corrected chi connectivity index (χ4v) is 2.76. The second-order valence-corrected chi connectivity index (χ2v) is 5.21. The van der Waals surface area contributed by atoms with Gasteiger partial charge in [0, 0.05) is 49.6 Å². The normalized spacial score (nSPS) is 15.0. The molecule has 1 aromatic carbocycles. The number of hydrogen-bond donors (Lipinski definition) is 2. The number of pyridine rings is 1. The summed E-state index contributed by atoms with van der Waals surface area (Å²) in [5.41, 5.74) is 0.975. The molecule has 0 saturated carbocycles. The first-order chi connectivity index (χ1) is 10.6. The summed E-state index contributed by atoms with van der Waals surface area (Å²) in [6, 6.07) is 5.48. The lowest BCUT2D eigenvalue weighted by molar-refractivity contribution is 0.0695. The van der Waals surface area contributed by atoms with E-state index < -0.39 is 11.4 Å². The summed E-state index contributed by atoms with van der Waals surface area (Å²) < 4.78 is 1.59. The summed E-state index contributed by atoms with van der Waals surface area (Å²) >= 11 is 0. The van der Waals surface area contributed by atoms with Crippen LogP contribution in [0.5, 0.6) is 0 Å². The van der Waals surface area contributed by atoms with Crippen molar-refractivity contribution in [3.05, 3.63) is 46.8 Å². The largest absolute Gasteiger partial charge is 0.477 e. The minimum absolute atomic E-state index is 0.248. The molecule has 2 N–H and O–H groups in total. The van der Waals surface area contributed by atoms with E-state index in [4.69, 9.17) is 5.11 Å². The number of hydrogen-bond acceptors (Lipinski definition) is 4. The van der Waals surface area contributed by atoms with E-state index in [1.165, 1.54) is 12.4 Å². The van der Waals surface area contributed by atoms with Crippen molar-refractivity contribution in [1.29, 1.82) is 0 Å². The van der Waals surface area contributed by atoms with Crippen LogP contribution in [0.2, 0.25) is 0 Å². The first kappa shape index (κ1) is 14.3. The average molecular weight is 299 g/mol. The smallest absolute Gasteiger partial charge is 0.341 e. The van der Waals surface area contributed by atoms with Crippen LogP contribution in [0.15, 0.2) is 35.8 Å². The van der Waals surface area contributed by atoms with Crippen LogP contribution in [0.3, 0.4) is 0 Å². The molecular formula is C16H17N3O3. The molecule has 0 bridgehead atoms. The molecule has 3 rings (SSSR count). The number of aromatic nitrogens is 1. The van der Waals surface area contributed by atoms with Crippen molar-refractivity contribution in [3.63, 3.8) is 0 Å². The van der Waals surface area contributed by atoms with E-state index in [-0.39, 0.29) is 5.56 Å². The number of carbonyl (C=O) groups is 1. The van der Waals surface area contributed by atoms with Crippen LogP contribution in [-0.2, 0) is 0 Å². The molecule has 114 valence electrons. The molecule has 1 aliphatic rings. The lowest BCUT2D eigenvalue weighted by Gasteiger charge is -2.29. The molecule has 1 saturated heterocycles. The molecule has 0 radical (unpaired) electrons. The van der Waals surface area contributed by atoms with Crippen molar-refractivity contribution < 1.29 is 9.90 Å². The molecule has 0 atom stereocenters. The van der Waals surface area contributed by atoms with Gasteiger partial charge in [0.1, 0.15) is 5.56 Å². The van der Waals surface area contributed by atoms with Gasteiger partial charge in [0.05, 0.1) is 5.52 Å². The van der Waals surface area contributed by atoms with Gasteiger partial charge in [-0.25, -0.2) is 4.79 Å². The Morgan fingerprint density at radius 3 is 2.68 bits per heavy atom. The number of fused-ring (bicyclic) bond motifs is 1. The van der Waals surface area contributed by atoms with E-state index in [0.717, 1.165) is 31.9 Å². The third kappa shape index (κ3) is 2.37. The van der Waals surface area contributed by atoms with Crippen molar-refractivity contribution in [3.8, 4) is 0 Å². The zero-order chi connectivity index (χ0) is 15.7. The van der Waals surface area contributed by atoms with Gasteiger partial charge >= 0.3 is 5.97 Å². The summed E-state index contributed by atoms with van der Waals surface area (Å²) in [6.07, 6.45) is 2.83. The number of nitrogens with zero attached hydrogens (tertiary/aromatic N) is 2. The molecule has 1 aliphatic heterocycles. The van der Waals surface area contributed by atoms with E-state index in [0.29, 0.717) is 10.9 Å². The number of piperazine rings is 1. The minimum atomic E-state index is -1.23. The predicted molar refractivity (Wildman–Crippen MR) is 86.6 cm³/mol. The molecule has 0 amide bonds. The van der Waals surface area contributed by atoms with Gasteiger partial charge in [0.15, 0.2) is 0 Å². The van der Waals surface area contributed by atoms with E-state index in [1.54, 1.807) is 10.6 Å². The quantitative estimate of drug-likeness (QED) is 0.891. The number of nitrogens with one attached hydrogen (secondary N) is 1. The Labute approximate surface area is 127 Å².